The molecule has 0 fully saturated rings. The van der Waals surface area contributed by atoms with Gasteiger partial charge in [0.05, 0.1) is 20.8 Å². The third-order valence-electron chi connectivity index (χ3n) is 4.69. The van der Waals surface area contributed by atoms with Crippen molar-refractivity contribution < 1.29 is 19.1 Å². The highest BCUT2D eigenvalue weighted by molar-refractivity contribution is 7.09. The summed E-state index contributed by atoms with van der Waals surface area (Å²) in [5, 5.41) is 4.74. The second kappa shape index (κ2) is 12.6. The number of methoxy groups -OCH3 is 2. The molecule has 0 atom stereocenters. The quantitative estimate of drug-likeness (QED) is 0.507. The molecular weight excluding hydrogens is 414 g/mol. The lowest BCUT2D eigenvalue weighted by Gasteiger charge is -2.27. The number of hydrogen-bond acceptors (Lipinski definition) is 5. The third-order valence-corrected chi connectivity index (χ3v) is 5.55. The van der Waals surface area contributed by atoms with Crippen molar-refractivity contribution in [2.45, 2.75) is 19.9 Å². The molecular formula is C23H31N3O4S. The van der Waals surface area contributed by atoms with Crippen LogP contribution in [0.15, 0.2) is 48.4 Å². The van der Waals surface area contributed by atoms with Crippen molar-refractivity contribution in [1.29, 1.82) is 0 Å². The number of carbonyl (C=O) groups excluding carboxylic acids is 2. The zero-order valence-corrected chi connectivity index (χ0v) is 19.2. The molecule has 0 bridgehead atoms. The van der Waals surface area contributed by atoms with E-state index in [2.05, 4.69) is 11.9 Å². The predicted molar refractivity (Wildman–Crippen MR) is 124 cm³/mol. The van der Waals surface area contributed by atoms with Crippen LogP contribution in [0.4, 0.5) is 4.79 Å². The van der Waals surface area contributed by atoms with E-state index in [0.717, 1.165) is 10.4 Å². The second-order valence-electron chi connectivity index (χ2n) is 6.84. The Kier molecular flexibility index (Phi) is 9.90. The molecule has 0 radical (unpaired) electrons. The Morgan fingerprint density at radius 2 is 1.94 bits per heavy atom. The Morgan fingerprint density at radius 3 is 2.55 bits per heavy atom. The van der Waals surface area contributed by atoms with Crippen molar-refractivity contribution in [3.05, 3.63) is 58.8 Å². The standard InChI is InChI=1S/C23H31N3O4S/c1-5-12-26(23(28)24-6-2)17-22(27)25(16-19-8-7-14-31-19)13-11-18-9-10-20(29-3)21(15-18)30-4/h5,7-10,14-15H,1,6,11-13,16-17H2,2-4H3,(H,24,28). The summed E-state index contributed by atoms with van der Waals surface area (Å²) in [5.74, 6) is 1.21. The molecule has 168 valence electrons. The van der Waals surface area contributed by atoms with E-state index < -0.39 is 0 Å². The van der Waals surface area contributed by atoms with Crippen LogP contribution in [0.1, 0.15) is 17.4 Å². The van der Waals surface area contributed by atoms with Crippen LogP contribution in [-0.4, -0.2) is 62.1 Å². The van der Waals surface area contributed by atoms with Gasteiger partial charge in [-0.3, -0.25) is 4.79 Å². The van der Waals surface area contributed by atoms with Crippen LogP contribution in [0.2, 0.25) is 0 Å². The maximum Gasteiger partial charge on any atom is 0.318 e. The van der Waals surface area contributed by atoms with Crippen LogP contribution in [0.5, 0.6) is 11.5 Å². The monoisotopic (exact) mass is 445 g/mol. The molecule has 31 heavy (non-hydrogen) atoms. The van der Waals surface area contributed by atoms with Crippen molar-refractivity contribution in [3.8, 4) is 11.5 Å². The molecule has 0 saturated carbocycles. The van der Waals surface area contributed by atoms with Crippen LogP contribution < -0.4 is 14.8 Å². The number of thiophene rings is 1. The number of benzene rings is 1. The van der Waals surface area contributed by atoms with Crippen LogP contribution in [-0.2, 0) is 17.8 Å². The lowest BCUT2D eigenvalue weighted by molar-refractivity contribution is -0.132. The molecule has 0 saturated heterocycles. The largest absolute Gasteiger partial charge is 0.493 e. The van der Waals surface area contributed by atoms with Crippen molar-refractivity contribution in [1.82, 2.24) is 15.1 Å². The van der Waals surface area contributed by atoms with Gasteiger partial charge in [-0.1, -0.05) is 18.2 Å². The van der Waals surface area contributed by atoms with Gasteiger partial charge in [-0.05, 0) is 42.5 Å². The molecule has 7 nitrogen and oxygen atoms in total. The van der Waals surface area contributed by atoms with E-state index in [-0.39, 0.29) is 18.5 Å². The van der Waals surface area contributed by atoms with E-state index >= 15 is 0 Å². The average Bonchev–Trinajstić information content (AvgIpc) is 3.29. The summed E-state index contributed by atoms with van der Waals surface area (Å²) in [6.45, 7) is 7.36. The molecule has 2 rings (SSSR count). The topological polar surface area (TPSA) is 71.1 Å². The number of hydrogen-bond donors (Lipinski definition) is 1. The van der Waals surface area contributed by atoms with Crippen LogP contribution in [0, 0.1) is 0 Å². The number of nitrogens with zero attached hydrogens (tertiary/aromatic N) is 2. The van der Waals surface area contributed by atoms with E-state index in [0.29, 0.717) is 44.1 Å². The van der Waals surface area contributed by atoms with Crippen molar-refractivity contribution >= 4 is 23.3 Å². The van der Waals surface area contributed by atoms with Crippen molar-refractivity contribution in [2.24, 2.45) is 0 Å². The van der Waals surface area contributed by atoms with Gasteiger partial charge in [0.2, 0.25) is 5.91 Å². The number of urea groups is 1. The minimum atomic E-state index is -0.272. The third kappa shape index (κ3) is 7.32. The van der Waals surface area contributed by atoms with E-state index in [1.807, 2.05) is 42.6 Å². The van der Waals surface area contributed by atoms with Crippen molar-refractivity contribution in [2.75, 3.05) is 40.4 Å². The molecule has 1 aromatic carbocycles. The summed E-state index contributed by atoms with van der Waals surface area (Å²) < 4.78 is 10.7. The highest BCUT2D eigenvalue weighted by Crippen LogP contribution is 2.27. The second-order valence-corrected chi connectivity index (χ2v) is 7.87. The van der Waals surface area contributed by atoms with Gasteiger partial charge in [0.1, 0.15) is 6.54 Å². The first-order chi connectivity index (χ1) is 15.0. The molecule has 3 amide bonds. The highest BCUT2D eigenvalue weighted by atomic mass is 32.1. The Balaban J connectivity index is 2.13. The number of amides is 3. The van der Waals surface area contributed by atoms with Crippen molar-refractivity contribution in [3.63, 3.8) is 0 Å². The van der Waals surface area contributed by atoms with E-state index in [1.165, 1.54) is 4.90 Å². The molecule has 2 aromatic rings. The van der Waals surface area contributed by atoms with Crippen LogP contribution in [0.25, 0.3) is 0 Å². The average molecular weight is 446 g/mol. The Morgan fingerprint density at radius 1 is 1.16 bits per heavy atom. The lowest BCUT2D eigenvalue weighted by atomic mass is 10.1. The smallest absolute Gasteiger partial charge is 0.318 e. The molecule has 8 heteroatoms. The first-order valence-electron chi connectivity index (χ1n) is 10.2. The van der Waals surface area contributed by atoms with E-state index in [4.69, 9.17) is 9.47 Å². The van der Waals surface area contributed by atoms with E-state index in [1.54, 1.807) is 36.5 Å². The van der Waals surface area contributed by atoms with Gasteiger partial charge in [-0.25, -0.2) is 4.79 Å². The SMILES string of the molecule is C=CCN(CC(=O)N(CCc1ccc(OC)c(OC)c1)Cc1cccs1)C(=O)NCC. The fourth-order valence-corrected chi connectivity index (χ4v) is 3.80. The summed E-state index contributed by atoms with van der Waals surface area (Å²) in [7, 11) is 3.20. The predicted octanol–water partition coefficient (Wildman–Crippen LogP) is 3.55. The number of carbonyl (C=O) groups is 2. The first-order valence-corrected chi connectivity index (χ1v) is 11.0. The minimum absolute atomic E-state index is 0.00480. The van der Waals surface area contributed by atoms with Gasteiger partial charge >= 0.3 is 6.03 Å². The van der Waals surface area contributed by atoms with Gasteiger partial charge in [0.15, 0.2) is 11.5 Å². The number of ether oxygens (including phenoxy) is 2. The molecule has 1 heterocycles. The zero-order valence-electron chi connectivity index (χ0n) is 18.4. The molecule has 0 aliphatic rings. The first kappa shape index (κ1) is 24.3. The highest BCUT2D eigenvalue weighted by Gasteiger charge is 2.21. The summed E-state index contributed by atoms with van der Waals surface area (Å²) >= 11 is 1.61. The minimum Gasteiger partial charge on any atom is -0.493 e. The molecule has 0 spiro atoms. The van der Waals surface area contributed by atoms with Gasteiger partial charge in [0, 0.05) is 24.5 Å². The lowest BCUT2D eigenvalue weighted by Crippen LogP contribution is -2.47. The Hall–Kier alpha value is -3.00. The molecule has 1 N–H and O–H groups in total. The molecule has 0 aliphatic carbocycles. The number of nitrogens with one attached hydrogen (secondary N) is 1. The maximum atomic E-state index is 13.1. The molecule has 0 aliphatic heterocycles. The summed E-state index contributed by atoms with van der Waals surface area (Å²) in [5.41, 5.74) is 1.04. The molecule has 0 unspecified atom stereocenters. The molecule has 1 aromatic heterocycles. The van der Waals surface area contributed by atoms with E-state index in [9.17, 15) is 9.59 Å². The van der Waals surface area contributed by atoms with Crippen LogP contribution >= 0.6 is 11.3 Å². The number of rotatable bonds is 12. The summed E-state index contributed by atoms with van der Waals surface area (Å²) in [6, 6.07) is 9.45. The van der Waals surface area contributed by atoms with Gasteiger partial charge in [0.25, 0.3) is 0 Å². The zero-order chi connectivity index (χ0) is 22.6. The fraction of sp³-hybridized carbons (Fsp3) is 0.391. The normalized spacial score (nSPS) is 10.3. The van der Waals surface area contributed by atoms with Gasteiger partial charge < -0.3 is 24.6 Å². The van der Waals surface area contributed by atoms with Gasteiger partial charge in [-0.15, -0.1) is 17.9 Å². The summed E-state index contributed by atoms with van der Waals surface area (Å²) in [4.78, 5) is 29.8. The Labute approximate surface area is 188 Å². The van der Waals surface area contributed by atoms with Gasteiger partial charge in [-0.2, -0.15) is 0 Å². The fourth-order valence-electron chi connectivity index (χ4n) is 3.08. The maximum absolute atomic E-state index is 13.1. The summed E-state index contributed by atoms with van der Waals surface area (Å²) in [6.07, 6.45) is 2.27. The Bertz CT molecular complexity index is 855. The van der Waals surface area contributed by atoms with Crippen LogP contribution in [0.3, 0.4) is 0 Å².